The number of carbonyl (C=O) groups excluding carboxylic acids is 1. The number of hydrogen-bond donors (Lipinski definition) is 2. The first-order valence-electron chi connectivity index (χ1n) is 5.32. The normalized spacial score (nSPS) is 18.9. The lowest BCUT2D eigenvalue weighted by Gasteiger charge is -2.40. The maximum atomic E-state index is 11.7. The lowest BCUT2D eigenvalue weighted by molar-refractivity contribution is -0.126. The molecule has 0 aromatic carbocycles. The van der Waals surface area contributed by atoms with Crippen LogP contribution >= 0.6 is 0 Å². The average Bonchev–Trinajstić information content (AvgIpc) is 2.71. The molecule has 1 aromatic rings. The van der Waals surface area contributed by atoms with E-state index in [1.807, 2.05) is 0 Å². The van der Waals surface area contributed by atoms with E-state index in [-0.39, 0.29) is 11.7 Å². The van der Waals surface area contributed by atoms with Gasteiger partial charge in [-0.2, -0.15) is 0 Å². The number of piperazine rings is 1. The summed E-state index contributed by atoms with van der Waals surface area (Å²) in [6.07, 6.45) is 0. The van der Waals surface area contributed by atoms with Crippen molar-refractivity contribution in [2.75, 3.05) is 18.0 Å². The van der Waals surface area contributed by atoms with E-state index >= 15 is 0 Å². The monoisotopic (exact) mass is 238 g/mol. The topological polar surface area (TPSA) is 82.8 Å². The summed E-state index contributed by atoms with van der Waals surface area (Å²) in [6.45, 7) is 4.64. The molecule has 1 saturated heterocycles. The van der Waals surface area contributed by atoms with Gasteiger partial charge in [-0.1, -0.05) is 0 Å². The molecule has 17 heavy (non-hydrogen) atoms. The minimum absolute atomic E-state index is 0.1000. The number of nitrogens with one attached hydrogen (secondary N) is 1. The summed E-state index contributed by atoms with van der Waals surface area (Å²) in [4.78, 5) is 24.2. The molecule has 1 aromatic heterocycles. The lowest BCUT2D eigenvalue weighted by Crippen LogP contribution is -2.62. The zero-order valence-electron chi connectivity index (χ0n) is 9.69. The van der Waals surface area contributed by atoms with Crippen LogP contribution in [0.1, 0.15) is 24.4 Å². The minimum atomic E-state index is -1.12. The van der Waals surface area contributed by atoms with Gasteiger partial charge >= 0.3 is 5.97 Å². The molecule has 0 aliphatic carbocycles. The van der Waals surface area contributed by atoms with Crippen LogP contribution in [-0.4, -0.2) is 35.6 Å². The van der Waals surface area contributed by atoms with Gasteiger partial charge in [0.15, 0.2) is 5.88 Å². The lowest BCUT2D eigenvalue weighted by atomic mass is 9.99. The highest BCUT2D eigenvalue weighted by Gasteiger charge is 2.39. The molecular formula is C11H14N2O4. The molecule has 2 N–H and O–H groups in total. The van der Waals surface area contributed by atoms with Crippen molar-refractivity contribution >= 4 is 17.8 Å². The smallest absolute Gasteiger partial charge is 0.371 e. The first kappa shape index (κ1) is 11.5. The first-order valence-corrected chi connectivity index (χ1v) is 5.32. The highest BCUT2D eigenvalue weighted by Crippen LogP contribution is 2.27. The molecule has 1 amide bonds. The van der Waals surface area contributed by atoms with Gasteiger partial charge in [-0.15, -0.1) is 0 Å². The summed E-state index contributed by atoms with van der Waals surface area (Å²) in [7, 11) is 0. The van der Waals surface area contributed by atoms with E-state index in [0.29, 0.717) is 19.0 Å². The molecule has 1 fully saturated rings. The molecule has 1 aliphatic rings. The van der Waals surface area contributed by atoms with Gasteiger partial charge in [-0.25, -0.2) is 4.79 Å². The predicted octanol–water partition coefficient (Wildman–Crippen LogP) is 0.693. The number of amides is 1. The van der Waals surface area contributed by atoms with Gasteiger partial charge < -0.3 is 19.7 Å². The number of hydrogen-bond acceptors (Lipinski definition) is 4. The highest BCUT2D eigenvalue weighted by atomic mass is 16.4. The van der Waals surface area contributed by atoms with Crippen LogP contribution in [0.4, 0.5) is 5.88 Å². The van der Waals surface area contributed by atoms with Crippen molar-refractivity contribution in [2.45, 2.75) is 19.4 Å². The maximum absolute atomic E-state index is 11.7. The third-order valence-electron chi connectivity index (χ3n) is 2.92. The van der Waals surface area contributed by atoms with Gasteiger partial charge in [0.1, 0.15) is 5.54 Å². The van der Waals surface area contributed by atoms with E-state index in [2.05, 4.69) is 5.32 Å². The molecule has 0 saturated carbocycles. The third-order valence-corrected chi connectivity index (χ3v) is 2.92. The highest BCUT2D eigenvalue weighted by molar-refractivity contribution is 5.90. The van der Waals surface area contributed by atoms with Crippen molar-refractivity contribution in [3.63, 3.8) is 0 Å². The molecular weight excluding hydrogens is 224 g/mol. The second-order valence-electron chi connectivity index (χ2n) is 4.41. The molecule has 0 radical (unpaired) electrons. The van der Waals surface area contributed by atoms with Gasteiger partial charge in [0, 0.05) is 19.2 Å². The van der Waals surface area contributed by atoms with Crippen LogP contribution in [0.15, 0.2) is 16.5 Å². The zero-order chi connectivity index (χ0) is 12.6. The van der Waals surface area contributed by atoms with Gasteiger partial charge in [-0.3, -0.25) is 4.79 Å². The number of carbonyl (C=O) groups is 2. The van der Waals surface area contributed by atoms with Crippen molar-refractivity contribution in [1.29, 1.82) is 0 Å². The second-order valence-corrected chi connectivity index (χ2v) is 4.41. The fourth-order valence-electron chi connectivity index (χ4n) is 1.87. The zero-order valence-corrected chi connectivity index (χ0v) is 9.69. The van der Waals surface area contributed by atoms with Crippen molar-refractivity contribution in [3.05, 3.63) is 17.9 Å². The molecule has 2 rings (SSSR count). The molecule has 1 aliphatic heterocycles. The number of carboxylic acids is 1. The molecule has 2 heterocycles. The Morgan fingerprint density at radius 1 is 1.53 bits per heavy atom. The summed E-state index contributed by atoms with van der Waals surface area (Å²) < 4.78 is 5.21. The Hall–Kier alpha value is -1.98. The molecule has 0 atom stereocenters. The summed E-state index contributed by atoms with van der Waals surface area (Å²) >= 11 is 0. The van der Waals surface area contributed by atoms with E-state index in [4.69, 9.17) is 9.52 Å². The van der Waals surface area contributed by atoms with E-state index < -0.39 is 11.5 Å². The van der Waals surface area contributed by atoms with E-state index in [9.17, 15) is 9.59 Å². The van der Waals surface area contributed by atoms with Gasteiger partial charge in [-0.05, 0) is 19.9 Å². The predicted molar refractivity (Wildman–Crippen MR) is 60.1 cm³/mol. The number of anilines is 1. The van der Waals surface area contributed by atoms with Crippen LogP contribution < -0.4 is 10.2 Å². The fraction of sp³-hybridized carbons (Fsp3) is 0.455. The number of carboxylic acid groups (broad SMARTS) is 1. The summed E-state index contributed by atoms with van der Waals surface area (Å²) in [5, 5.41) is 11.6. The number of nitrogens with zero attached hydrogens (tertiary/aromatic N) is 1. The van der Waals surface area contributed by atoms with Crippen molar-refractivity contribution in [2.24, 2.45) is 0 Å². The SMILES string of the molecule is CC1(C)C(=O)NCCN1c1ccc(C(=O)O)o1. The summed E-state index contributed by atoms with van der Waals surface area (Å²) in [5.74, 6) is -0.934. The quantitative estimate of drug-likeness (QED) is 0.792. The van der Waals surface area contributed by atoms with Crippen LogP contribution in [0.5, 0.6) is 0 Å². The fourth-order valence-corrected chi connectivity index (χ4v) is 1.87. The van der Waals surface area contributed by atoms with Crippen LogP contribution in [0, 0.1) is 0 Å². The molecule has 0 unspecified atom stereocenters. The van der Waals surface area contributed by atoms with Crippen molar-refractivity contribution in [1.82, 2.24) is 5.32 Å². The third kappa shape index (κ3) is 1.86. The van der Waals surface area contributed by atoms with Crippen LogP contribution in [0.2, 0.25) is 0 Å². The summed E-state index contributed by atoms with van der Waals surface area (Å²) in [6, 6.07) is 2.96. The Kier molecular flexibility index (Phi) is 2.57. The van der Waals surface area contributed by atoms with E-state index in [1.54, 1.807) is 24.8 Å². The largest absolute Gasteiger partial charge is 0.475 e. The number of aromatic carboxylic acids is 1. The Labute approximate surface area is 98.2 Å². The first-order chi connectivity index (χ1) is 7.93. The van der Waals surface area contributed by atoms with Crippen LogP contribution in [0.3, 0.4) is 0 Å². The Morgan fingerprint density at radius 3 is 2.82 bits per heavy atom. The van der Waals surface area contributed by atoms with Crippen LogP contribution in [-0.2, 0) is 4.79 Å². The van der Waals surface area contributed by atoms with Gasteiger partial charge in [0.2, 0.25) is 11.7 Å². The van der Waals surface area contributed by atoms with Gasteiger partial charge in [0.25, 0.3) is 0 Å². The molecule has 6 nitrogen and oxygen atoms in total. The second kappa shape index (κ2) is 3.80. The molecule has 6 heteroatoms. The van der Waals surface area contributed by atoms with Crippen LogP contribution in [0.25, 0.3) is 0 Å². The Bertz CT molecular complexity index is 464. The molecule has 0 spiro atoms. The van der Waals surface area contributed by atoms with Crippen molar-refractivity contribution in [3.8, 4) is 0 Å². The van der Waals surface area contributed by atoms with E-state index in [1.165, 1.54) is 6.07 Å². The summed E-state index contributed by atoms with van der Waals surface area (Å²) in [5.41, 5.74) is -0.744. The van der Waals surface area contributed by atoms with E-state index in [0.717, 1.165) is 0 Å². The van der Waals surface area contributed by atoms with Crippen molar-refractivity contribution < 1.29 is 19.1 Å². The number of rotatable bonds is 2. The van der Waals surface area contributed by atoms with Gasteiger partial charge in [0.05, 0.1) is 0 Å². The molecule has 92 valence electrons. The minimum Gasteiger partial charge on any atom is -0.475 e. The Balaban J connectivity index is 2.31. The molecule has 0 bridgehead atoms. The standard InChI is InChI=1S/C11H14N2O4/c1-11(2)10(16)12-5-6-13(11)8-4-3-7(17-8)9(14)15/h3-4H,5-6H2,1-2H3,(H,12,16)(H,14,15). The Morgan fingerprint density at radius 2 is 2.24 bits per heavy atom. The average molecular weight is 238 g/mol. The maximum Gasteiger partial charge on any atom is 0.371 e. The number of furan rings is 1.